The molecule has 1 saturated heterocycles. The zero-order valence-electron chi connectivity index (χ0n) is 14.9. The van der Waals surface area contributed by atoms with Gasteiger partial charge in [0.15, 0.2) is 5.82 Å². The number of rotatable bonds is 5. The van der Waals surface area contributed by atoms with Crippen LogP contribution in [0.2, 0.25) is 0 Å². The number of ether oxygens (including phenoxy) is 1. The highest BCUT2D eigenvalue weighted by Crippen LogP contribution is 2.32. The van der Waals surface area contributed by atoms with Crippen LogP contribution >= 0.6 is 0 Å². The molecule has 3 rings (SSSR count). The first kappa shape index (κ1) is 17.5. The molecule has 0 spiro atoms. The van der Waals surface area contributed by atoms with Gasteiger partial charge >= 0.3 is 0 Å². The first-order chi connectivity index (χ1) is 12.0. The van der Waals surface area contributed by atoms with Crippen molar-refractivity contribution < 1.29 is 14.1 Å². The van der Waals surface area contributed by atoms with Gasteiger partial charge in [0.25, 0.3) is 5.91 Å². The maximum absolute atomic E-state index is 12.1. The molecular formula is C18H24N4O3. The van der Waals surface area contributed by atoms with E-state index < -0.39 is 5.60 Å². The molecule has 3 heterocycles. The highest BCUT2D eigenvalue weighted by atomic mass is 16.5. The predicted octanol–water partition coefficient (Wildman–Crippen LogP) is 2.93. The van der Waals surface area contributed by atoms with E-state index in [9.17, 15) is 4.79 Å². The molecule has 0 bridgehead atoms. The van der Waals surface area contributed by atoms with E-state index in [4.69, 9.17) is 9.26 Å². The molecule has 1 fully saturated rings. The molecule has 2 aromatic heterocycles. The van der Waals surface area contributed by atoms with Crippen LogP contribution in [0.4, 0.5) is 0 Å². The number of carbonyl (C=O) groups is 1. The first-order valence-electron chi connectivity index (χ1n) is 8.68. The third kappa shape index (κ3) is 4.04. The summed E-state index contributed by atoms with van der Waals surface area (Å²) >= 11 is 0. The van der Waals surface area contributed by atoms with Crippen molar-refractivity contribution in [2.45, 2.75) is 58.1 Å². The molecule has 0 aliphatic carbocycles. The van der Waals surface area contributed by atoms with Crippen LogP contribution in [0.1, 0.15) is 73.6 Å². The summed E-state index contributed by atoms with van der Waals surface area (Å²) in [5.74, 6) is 0.823. The number of aromatic nitrogens is 3. The standard InChI is InChI=1S/C18H24N4O3/c1-12(2)14-8-15(25-22-14)16(23)19-9-13-10-20-17(21-11-13)18(3)6-4-5-7-24-18/h8,10-12H,4-7,9H2,1-3H3,(H,19,23). The molecule has 134 valence electrons. The Bertz CT molecular complexity index is 718. The van der Waals surface area contributed by atoms with E-state index in [-0.39, 0.29) is 17.6 Å². The average molecular weight is 344 g/mol. The van der Waals surface area contributed by atoms with Gasteiger partial charge in [-0.2, -0.15) is 0 Å². The van der Waals surface area contributed by atoms with Crippen molar-refractivity contribution in [1.29, 1.82) is 0 Å². The van der Waals surface area contributed by atoms with Gasteiger partial charge in [-0.1, -0.05) is 19.0 Å². The maximum Gasteiger partial charge on any atom is 0.290 e. The van der Waals surface area contributed by atoms with Crippen LogP contribution in [0, 0.1) is 0 Å². The van der Waals surface area contributed by atoms with Crippen LogP contribution in [0.15, 0.2) is 23.0 Å². The van der Waals surface area contributed by atoms with Gasteiger partial charge < -0.3 is 14.6 Å². The predicted molar refractivity (Wildman–Crippen MR) is 90.9 cm³/mol. The molecule has 7 heteroatoms. The molecule has 2 aromatic rings. The van der Waals surface area contributed by atoms with E-state index >= 15 is 0 Å². The Morgan fingerprint density at radius 3 is 2.68 bits per heavy atom. The molecule has 1 amide bonds. The molecule has 1 aliphatic heterocycles. The molecule has 25 heavy (non-hydrogen) atoms. The maximum atomic E-state index is 12.1. The van der Waals surface area contributed by atoms with Gasteiger partial charge in [-0.25, -0.2) is 9.97 Å². The summed E-state index contributed by atoms with van der Waals surface area (Å²) in [5, 5.41) is 6.68. The van der Waals surface area contributed by atoms with Crippen molar-refractivity contribution >= 4 is 5.91 Å². The van der Waals surface area contributed by atoms with Crippen molar-refractivity contribution in [2.75, 3.05) is 6.61 Å². The molecular weight excluding hydrogens is 320 g/mol. The van der Waals surface area contributed by atoms with Gasteiger partial charge in [0.05, 0.1) is 5.69 Å². The minimum Gasteiger partial charge on any atom is -0.367 e. The van der Waals surface area contributed by atoms with Crippen LogP contribution in [0.3, 0.4) is 0 Å². The lowest BCUT2D eigenvalue weighted by atomic mass is 9.95. The minimum atomic E-state index is -0.410. The summed E-state index contributed by atoms with van der Waals surface area (Å²) in [6.07, 6.45) is 6.58. The van der Waals surface area contributed by atoms with Gasteiger partial charge in [-0.3, -0.25) is 4.79 Å². The molecule has 1 N–H and O–H groups in total. The molecule has 1 aliphatic rings. The molecule has 7 nitrogen and oxygen atoms in total. The fourth-order valence-electron chi connectivity index (χ4n) is 2.77. The van der Waals surface area contributed by atoms with Crippen molar-refractivity contribution in [3.8, 4) is 0 Å². The Morgan fingerprint density at radius 2 is 2.08 bits per heavy atom. The second-order valence-electron chi connectivity index (χ2n) is 6.90. The average Bonchev–Trinajstić information content (AvgIpc) is 3.11. The van der Waals surface area contributed by atoms with Crippen LogP contribution in [-0.4, -0.2) is 27.6 Å². The summed E-state index contributed by atoms with van der Waals surface area (Å²) in [6.45, 7) is 7.09. The molecule has 1 unspecified atom stereocenters. The quantitative estimate of drug-likeness (QED) is 0.897. The van der Waals surface area contributed by atoms with E-state index in [2.05, 4.69) is 20.4 Å². The van der Waals surface area contributed by atoms with Crippen molar-refractivity contribution in [1.82, 2.24) is 20.4 Å². The van der Waals surface area contributed by atoms with Crippen LogP contribution in [0.5, 0.6) is 0 Å². The summed E-state index contributed by atoms with van der Waals surface area (Å²) in [6, 6.07) is 1.67. The molecule has 1 atom stereocenters. The highest BCUT2D eigenvalue weighted by molar-refractivity contribution is 5.91. The number of amides is 1. The molecule has 0 aromatic carbocycles. The Morgan fingerprint density at radius 1 is 1.32 bits per heavy atom. The largest absolute Gasteiger partial charge is 0.367 e. The highest BCUT2D eigenvalue weighted by Gasteiger charge is 2.32. The third-order valence-electron chi connectivity index (χ3n) is 4.44. The number of carbonyl (C=O) groups excluding carboxylic acids is 1. The molecule has 0 radical (unpaired) electrons. The Hall–Kier alpha value is -2.28. The Balaban J connectivity index is 1.58. The Labute approximate surface area is 147 Å². The van der Waals surface area contributed by atoms with Gasteiger partial charge in [0.2, 0.25) is 5.76 Å². The van der Waals surface area contributed by atoms with E-state index in [0.29, 0.717) is 12.4 Å². The van der Waals surface area contributed by atoms with Gasteiger partial charge in [0.1, 0.15) is 5.60 Å². The van der Waals surface area contributed by atoms with Crippen LogP contribution < -0.4 is 5.32 Å². The van der Waals surface area contributed by atoms with E-state index in [1.807, 2.05) is 20.8 Å². The number of hydrogen-bond donors (Lipinski definition) is 1. The van der Waals surface area contributed by atoms with Gasteiger partial charge in [0, 0.05) is 37.2 Å². The zero-order chi connectivity index (χ0) is 17.9. The number of nitrogens with one attached hydrogen (secondary N) is 1. The SMILES string of the molecule is CC(C)c1cc(C(=O)NCc2cnc(C3(C)CCCCO3)nc2)on1. The lowest BCUT2D eigenvalue weighted by molar-refractivity contribution is -0.0760. The lowest BCUT2D eigenvalue weighted by Gasteiger charge is -2.32. The minimum absolute atomic E-state index is 0.212. The van der Waals surface area contributed by atoms with Crippen molar-refractivity contribution in [3.63, 3.8) is 0 Å². The summed E-state index contributed by atoms with van der Waals surface area (Å²) < 4.78 is 10.9. The zero-order valence-corrected chi connectivity index (χ0v) is 14.9. The summed E-state index contributed by atoms with van der Waals surface area (Å²) in [4.78, 5) is 21.0. The Kier molecular flexibility index (Phi) is 5.13. The topological polar surface area (TPSA) is 90.1 Å². The van der Waals surface area contributed by atoms with Crippen LogP contribution in [-0.2, 0) is 16.9 Å². The van der Waals surface area contributed by atoms with Gasteiger partial charge in [-0.15, -0.1) is 0 Å². The van der Waals surface area contributed by atoms with Crippen molar-refractivity contribution in [3.05, 3.63) is 41.3 Å². The number of nitrogens with zero attached hydrogens (tertiary/aromatic N) is 3. The number of hydrogen-bond acceptors (Lipinski definition) is 6. The first-order valence-corrected chi connectivity index (χ1v) is 8.68. The lowest BCUT2D eigenvalue weighted by Crippen LogP contribution is -2.32. The normalized spacial score (nSPS) is 20.6. The van der Waals surface area contributed by atoms with Gasteiger partial charge in [-0.05, 0) is 32.1 Å². The van der Waals surface area contributed by atoms with E-state index in [0.717, 1.165) is 37.1 Å². The molecule has 0 saturated carbocycles. The second-order valence-corrected chi connectivity index (χ2v) is 6.90. The summed E-state index contributed by atoms with van der Waals surface area (Å²) in [5.41, 5.74) is 1.17. The smallest absolute Gasteiger partial charge is 0.290 e. The fourth-order valence-corrected chi connectivity index (χ4v) is 2.77. The van der Waals surface area contributed by atoms with E-state index in [1.165, 1.54) is 0 Å². The monoisotopic (exact) mass is 344 g/mol. The van der Waals surface area contributed by atoms with Crippen molar-refractivity contribution in [2.24, 2.45) is 0 Å². The van der Waals surface area contributed by atoms with Crippen LogP contribution in [0.25, 0.3) is 0 Å². The third-order valence-corrected chi connectivity index (χ3v) is 4.44. The fraction of sp³-hybridized carbons (Fsp3) is 0.556. The summed E-state index contributed by atoms with van der Waals surface area (Å²) in [7, 11) is 0. The second kappa shape index (κ2) is 7.31. The van der Waals surface area contributed by atoms with E-state index in [1.54, 1.807) is 18.5 Å².